The van der Waals surface area contributed by atoms with Crippen LogP contribution < -0.4 is 4.74 Å². The highest BCUT2D eigenvalue weighted by Gasteiger charge is 2.31. The van der Waals surface area contributed by atoms with E-state index in [9.17, 15) is 5.11 Å². The summed E-state index contributed by atoms with van der Waals surface area (Å²) in [6.45, 7) is 8.56. The summed E-state index contributed by atoms with van der Waals surface area (Å²) in [5.41, 5.74) is 1.22. The van der Waals surface area contributed by atoms with Crippen LogP contribution in [0.15, 0.2) is 18.2 Å². The molecule has 0 saturated carbocycles. The number of aromatic hydroxyl groups is 1. The molecular weight excluding hydrogens is 238 g/mol. The van der Waals surface area contributed by atoms with E-state index in [1.54, 1.807) is 12.1 Å². The molecule has 0 saturated heterocycles. The monoisotopic (exact) mass is 263 g/mol. The van der Waals surface area contributed by atoms with E-state index in [0.29, 0.717) is 18.7 Å². The molecule has 106 valence electrons. The van der Waals surface area contributed by atoms with Gasteiger partial charge in [-0.1, -0.05) is 20.3 Å². The Hall–Kier alpha value is -1.22. The van der Waals surface area contributed by atoms with Crippen molar-refractivity contribution < 1.29 is 9.84 Å². The maximum atomic E-state index is 9.52. The molecule has 0 fully saturated rings. The van der Waals surface area contributed by atoms with Gasteiger partial charge in [0.25, 0.3) is 0 Å². The van der Waals surface area contributed by atoms with E-state index in [1.807, 2.05) is 6.07 Å². The van der Waals surface area contributed by atoms with Gasteiger partial charge in [-0.05, 0) is 38.4 Å². The lowest BCUT2D eigenvalue weighted by Gasteiger charge is -2.33. The summed E-state index contributed by atoms with van der Waals surface area (Å²) >= 11 is 0. The molecule has 3 heteroatoms. The third kappa shape index (κ3) is 3.03. The number of fused-ring (bicyclic) bond motifs is 1. The Kier molecular flexibility index (Phi) is 4.70. The largest absolute Gasteiger partial charge is 0.508 e. The molecule has 0 aromatic heterocycles. The molecule has 1 aliphatic rings. The lowest BCUT2D eigenvalue weighted by molar-refractivity contribution is 0.116. The van der Waals surface area contributed by atoms with Crippen molar-refractivity contribution in [1.82, 2.24) is 4.90 Å². The van der Waals surface area contributed by atoms with Gasteiger partial charge in [0.1, 0.15) is 18.1 Å². The average Bonchev–Trinajstić information content (AvgIpc) is 2.81. The van der Waals surface area contributed by atoms with E-state index >= 15 is 0 Å². The Labute approximate surface area is 116 Å². The van der Waals surface area contributed by atoms with E-state index in [2.05, 4.69) is 25.7 Å². The number of phenols is 1. The fraction of sp³-hybridized carbons (Fsp3) is 0.625. The Balaban J connectivity index is 2.20. The molecule has 19 heavy (non-hydrogen) atoms. The predicted molar refractivity (Wildman–Crippen MR) is 77.7 cm³/mol. The van der Waals surface area contributed by atoms with Gasteiger partial charge < -0.3 is 9.84 Å². The second-order valence-electron chi connectivity index (χ2n) is 5.40. The first kappa shape index (κ1) is 14.2. The first-order valence-corrected chi connectivity index (χ1v) is 7.38. The van der Waals surface area contributed by atoms with E-state index < -0.39 is 0 Å². The summed E-state index contributed by atoms with van der Waals surface area (Å²) in [6.07, 6.45) is 3.57. The van der Waals surface area contributed by atoms with Crippen LogP contribution in [0.3, 0.4) is 0 Å². The van der Waals surface area contributed by atoms with Crippen LogP contribution in [0.1, 0.15) is 51.6 Å². The Morgan fingerprint density at radius 3 is 2.89 bits per heavy atom. The minimum atomic E-state index is 0.281. The van der Waals surface area contributed by atoms with Gasteiger partial charge in [0.05, 0.1) is 6.04 Å². The number of nitrogens with zero attached hydrogens (tertiary/aromatic N) is 1. The maximum absolute atomic E-state index is 9.52. The van der Waals surface area contributed by atoms with Gasteiger partial charge in [-0.2, -0.15) is 0 Å². The zero-order valence-corrected chi connectivity index (χ0v) is 12.2. The summed E-state index contributed by atoms with van der Waals surface area (Å²) in [5, 5.41) is 9.52. The molecule has 1 heterocycles. The quantitative estimate of drug-likeness (QED) is 0.849. The molecule has 2 atom stereocenters. The van der Waals surface area contributed by atoms with Gasteiger partial charge >= 0.3 is 0 Å². The third-order valence-corrected chi connectivity index (χ3v) is 4.08. The molecule has 2 unspecified atom stereocenters. The highest BCUT2D eigenvalue weighted by atomic mass is 16.5. The van der Waals surface area contributed by atoms with Gasteiger partial charge in [-0.15, -0.1) is 0 Å². The standard InChI is InChI=1S/C16H25NO2/c1-4-6-9-17(12(3)5-2)15-11-19-16-10-13(18)7-8-14(15)16/h7-8,10,12,15,18H,4-6,9,11H2,1-3H3. The zero-order chi connectivity index (χ0) is 13.8. The van der Waals surface area contributed by atoms with Crippen molar-refractivity contribution in [1.29, 1.82) is 0 Å². The van der Waals surface area contributed by atoms with E-state index in [0.717, 1.165) is 18.7 Å². The Bertz CT molecular complexity index is 419. The highest BCUT2D eigenvalue weighted by molar-refractivity contribution is 5.44. The van der Waals surface area contributed by atoms with Gasteiger partial charge in [-0.25, -0.2) is 0 Å². The van der Waals surface area contributed by atoms with E-state index in [4.69, 9.17) is 4.74 Å². The molecule has 1 N–H and O–H groups in total. The van der Waals surface area contributed by atoms with Crippen LogP contribution in [0, 0.1) is 0 Å². The number of benzene rings is 1. The lowest BCUT2D eigenvalue weighted by Crippen LogP contribution is -2.37. The summed E-state index contributed by atoms with van der Waals surface area (Å²) in [6, 6.07) is 6.37. The van der Waals surface area contributed by atoms with Crippen molar-refractivity contribution >= 4 is 0 Å². The first-order chi connectivity index (χ1) is 9.17. The number of hydrogen-bond acceptors (Lipinski definition) is 3. The number of hydrogen-bond donors (Lipinski definition) is 1. The zero-order valence-electron chi connectivity index (χ0n) is 12.2. The van der Waals surface area contributed by atoms with E-state index in [-0.39, 0.29) is 5.75 Å². The fourth-order valence-corrected chi connectivity index (χ4v) is 2.71. The molecule has 0 radical (unpaired) electrons. The molecule has 1 aromatic carbocycles. The molecule has 3 nitrogen and oxygen atoms in total. The second-order valence-corrected chi connectivity index (χ2v) is 5.40. The molecule has 1 aromatic rings. The number of rotatable bonds is 6. The molecular formula is C16H25NO2. The van der Waals surface area contributed by atoms with Crippen molar-refractivity contribution in [2.75, 3.05) is 13.2 Å². The summed E-state index contributed by atoms with van der Waals surface area (Å²) in [5.74, 6) is 1.12. The van der Waals surface area contributed by atoms with Crippen LogP contribution in [-0.2, 0) is 0 Å². The van der Waals surface area contributed by atoms with Gasteiger partial charge in [-0.3, -0.25) is 4.90 Å². The minimum Gasteiger partial charge on any atom is -0.508 e. The van der Waals surface area contributed by atoms with Gasteiger partial charge in [0.2, 0.25) is 0 Å². The summed E-state index contributed by atoms with van der Waals surface area (Å²) in [7, 11) is 0. The van der Waals surface area contributed by atoms with Crippen LogP contribution >= 0.6 is 0 Å². The van der Waals surface area contributed by atoms with Crippen molar-refractivity contribution in [3.63, 3.8) is 0 Å². The summed E-state index contributed by atoms with van der Waals surface area (Å²) < 4.78 is 5.75. The third-order valence-electron chi connectivity index (χ3n) is 4.08. The number of ether oxygens (including phenoxy) is 1. The van der Waals surface area contributed by atoms with Crippen LogP contribution in [0.2, 0.25) is 0 Å². The van der Waals surface area contributed by atoms with Crippen molar-refractivity contribution in [2.24, 2.45) is 0 Å². The molecule has 2 rings (SSSR count). The first-order valence-electron chi connectivity index (χ1n) is 7.38. The molecule has 0 spiro atoms. The van der Waals surface area contributed by atoms with E-state index in [1.165, 1.54) is 18.4 Å². The smallest absolute Gasteiger partial charge is 0.127 e. The van der Waals surface area contributed by atoms with Crippen LogP contribution in [0.4, 0.5) is 0 Å². The highest BCUT2D eigenvalue weighted by Crippen LogP contribution is 2.39. The van der Waals surface area contributed by atoms with Gasteiger partial charge in [0, 0.05) is 17.7 Å². The van der Waals surface area contributed by atoms with Crippen LogP contribution in [0.5, 0.6) is 11.5 Å². The van der Waals surface area contributed by atoms with Crippen LogP contribution in [0.25, 0.3) is 0 Å². The molecule has 0 amide bonds. The SMILES string of the molecule is CCCCN(C(C)CC)C1COc2cc(O)ccc21. The normalized spacial score (nSPS) is 19.3. The predicted octanol–water partition coefficient (Wildman–Crippen LogP) is 3.73. The molecule has 1 aliphatic heterocycles. The average molecular weight is 263 g/mol. The minimum absolute atomic E-state index is 0.281. The number of phenolic OH excluding ortho intramolecular Hbond substituents is 1. The lowest BCUT2D eigenvalue weighted by atomic mass is 10.0. The second kappa shape index (κ2) is 6.29. The van der Waals surface area contributed by atoms with Crippen molar-refractivity contribution in [3.8, 4) is 11.5 Å². The Morgan fingerprint density at radius 1 is 1.42 bits per heavy atom. The Morgan fingerprint density at radius 2 is 2.21 bits per heavy atom. The fourth-order valence-electron chi connectivity index (χ4n) is 2.71. The maximum Gasteiger partial charge on any atom is 0.127 e. The topological polar surface area (TPSA) is 32.7 Å². The van der Waals surface area contributed by atoms with Crippen LogP contribution in [-0.4, -0.2) is 29.2 Å². The van der Waals surface area contributed by atoms with Crippen molar-refractivity contribution in [3.05, 3.63) is 23.8 Å². The number of unbranched alkanes of at least 4 members (excludes halogenated alkanes) is 1. The molecule has 0 aliphatic carbocycles. The molecule has 0 bridgehead atoms. The summed E-state index contributed by atoms with van der Waals surface area (Å²) in [4.78, 5) is 2.55. The van der Waals surface area contributed by atoms with Crippen molar-refractivity contribution in [2.45, 2.75) is 52.1 Å². The van der Waals surface area contributed by atoms with Gasteiger partial charge in [0.15, 0.2) is 0 Å².